The van der Waals surface area contributed by atoms with Crippen LogP contribution < -0.4 is 0 Å². The van der Waals surface area contributed by atoms with Gasteiger partial charge in [-0.3, -0.25) is 4.48 Å². The van der Waals surface area contributed by atoms with Crippen LogP contribution in [0, 0.1) is 0 Å². The van der Waals surface area contributed by atoms with E-state index in [9.17, 15) is 0 Å². The van der Waals surface area contributed by atoms with Crippen LogP contribution in [0.1, 0.15) is 20.8 Å². The van der Waals surface area contributed by atoms with Crippen molar-refractivity contribution >= 4 is 5.84 Å². The molecule has 0 aromatic carbocycles. The lowest BCUT2D eigenvalue weighted by atomic mass is 10.3. The third-order valence-corrected chi connectivity index (χ3v) is 2.77. The van der Waals surface area contributed by atoms with Crippen LogP contribution in [0.25, 0.3) is 0 Å². The molecule has 0 aliphatic carbocycles. The van der Waals surface area contributed by atoms with Crippen molar-refractivity contribution in [2.75, 3.05) is 26.2 Å². The summed E-state index contributed by atoms with van der Waals surface area (Å²) in [4.78, 5) is 4.42. The van der Waals surface area contributed by atoms with Gasteiger partial charge in [0, 0.05) is 6.92 Å². The lowest BCUT2D eigenvalue weighted by Crippen LogP contribution is -2.49. The van der Waals surface area contributed by atoms with Crippen molar-refractivity contribution in [3.63, 3.8) is 0 Å². The molecule has 0 radical (unpaired) electrons. The molecule has 10 heavy (non-hydrogen) atoms. The highest BCUT2D eigenvalue weighted by Crippen LogP contribution is 2.13. The highest BCUT2D eigenvalue weighted by molar-refractivity contribution is 5.73. The van der Waals surface area contributed by atoms with Crippen molar-refractivity contribution in [1.29, 1.82) is 0 Å². The van der Waals surface area contributed by atoms with Gasteiger partial charge in [-0.15, -0.1) is 0 Å². The Bertz CT molecular complexity index is 145. The molecule has 2 heteroatoms. The van der Waals surface area contributed by atoms with Crippen molar-refractivity contribution < 1.29 is 4.48 Å². The van der Waals surface area contributed by atoms with Crippen molar-refractivity contribution in [2.45, 2.75) is 20.8 Å². The fraction of sp³-hybridized carbons (Fsp3) is 0.875. The molecule has 0 aromatic rings. The molecule has 0 bridgehead atoms. The largest absolute Gasteiger partial charge is 0.278 e. The van der Waals surface area contributed by atoms with E-state index in [1.54, 1.807) is 0 Å². The summed E-state index contributed by atoms with van der Waals surface area (Å²) < 4.78 is 1.12. The first kappa shape index (κ1) is 7.73. The summed E-state index contributed by atoms with van der Waals surface area (Å²) in [7, 11) is 0. The molecule has 0 amide bonds. The minimum absolute atomic E-state index is 1.04. The fourth-order valence-corrected chi connectivity index (χ4v) is 1.71. The summed E-state index contributed by atoms with van der Waals surface area (Å²) in [6.45, 7) is 11.3. The van der Waals surface area contributed by atoms with Gasteiger partial charge in [-0.25, -0.2) is 4.99 Å². The summed E-state index contributed by atoms with van der Waals surface area (Å²) in [6.07, 6.45) is 0. The van der Waals surface area contributed by atoms with Crippen molar-refractivity contribution in [3.8, 4) is 0 Å². The van der Waals surface area contributed by atoms with Crippen LogP contribution >= 0.6 is 0 Å². The molecule has 0 spiro atoms. The average molecular weight is 141 g/mol. The molecule has 0 aromatic heterocycles. The third-order valence-electron chi connectivity index (χ3n) is 2.77. The second-order valence-electron chi connectivity index (χ2n) is 2.93. The van der Waals surface area contributed by atoms with Gasteiger partial charge >= 0.3 is 0 Å². The molecule has 2 nitrogen and oxygen atoms in total. The van der Waals surface area contributed by atoms with E-state index in [-0.39, 0.29) is 0 Å². The van der Waals surface area contributed by atoms with E-state index in [0.717, 1.165) is 11.0 Å². The molecule has 0 saturated carbocycles. The van der Waals surface area contributed by atoms with Crippen LogP contribution in [0.4, 0.5) is 0 Å². The maximum Gasteiger partial charge on any atom is 0.195 e. The first-order chi connectivity index (χ1) is 4.75. The predicted molar refractivity (Wildman–Crippen MR) is 44.2 cm³/mol. The van der Waals surface area contributed by atoms with Gasteiger partial charge in [-0.2, -0.15) is 0 Å². The summed E-state index contributed by atoms with van der Waals surface area (Å²) in [5.41, 5.74) is 0. The Hall–Kier alpha value is -0.370. The minimum Gasteiger partial charge on any atom is -0.278 e. The highest BCUT2D eigenvalue weighted by atomic mass is 15.4. The SMILES string of the molecule is CC[N+]1(CC)CCN=C1C. The second-order valence-corrected chi connectivity index (χ2v) is 2.93. The van der Waals surface area contributed by atoms with Gasteiger partial charge in [0.1, 0.15) is 6.54 Å². The van der Waals surface area contributed by atoms with E-state index in [2.05, 4.69) is 25.8 Å². The molecule has 1 heterocycles. The van der Waals surface area contributed by atoms with Crippen molar-refractivity contribution in [3.05, 3.63) is 0 Å². The lowest BCUT2D eigenvalue weighted by molar-refractivity contribution is -0.831. The molecule has 0 unspecified atom stereocenters. The number of amidine groups is 1. The van der Waals surface area contributed by atoms with E-state index in [0.29, 0.717) is 0 Å². The first-order valence-electron chi connectivity index (χ1n) is 4.13. The van der Waals surface area contributed by atoms with Gasteiger partial charge in [0.2, 0.25) is 0 Å². The maximum absolute atomic E-state index is 4.42. The summed E-state index contributed by atoms with van der Waals surface area (Å²) >= 11 is 0. The van der Waals surface area contributed by atoms with Crippen LogP contribution in [0.3, 0.4) is 0 Å². The Kier molecular flexibility index (Phi) is 2.09. The van der Waals surface area contributed by atoms with Crippen LogP contribution in [0.5, 0.6) is 0 Å². The van der Waals surface area contributed by atoms with Crippen molar-refractivity contribution in [2.24, 2.45) is 4.99 Å². The van der Waals surface area contributed by atoms with E-state index < -0.39 is 0 Å². The number of quaternary nitrogens is 1. The molecular weight excluding hydrogens is 124 g/mol. The Morgan fingerprint density at radius 3 is 2.20 bits per heavy atom. The normalized spacial score (nSPS) is 22.9. The standard InChI is InChI=1S/C8H17N2/c1-4-10(5-2)7-6-9-8(10)3/h4-7H2,1-3H3/q+1. The minimum atomic E-state index is 1.04. The molecule has 0 saturated heterocycles. The number of rotatable bonds is 2. The number of hydrogen-bond acceptors (Lipinski definition) is 1. The van der Waals surface area contributed by atoms with Gasteiger partial charge in [0.15, 0.2) is 5.84 Å². The molecule has 0 atom stereocenters. The van der Waals surface area contributed by atoms with Crippen LogP contribution in [0.2, 0.25) is 0 Å². The zero-order valence-electron chi connectivity index (χ0n) is 7.22. The van der Waals surface area contributed by atoms with Crippen LogP contribution in [-0.2, 0) is 0 Å². The Morgan fingerprint density at radius 1 is 1.40 bits per heavy atom. The monoisotopic (exact) mass is 141 g/mol. The van der Waals surface area contributed by atoms with Gasteiger partial charge in [0.05, 0.1) is 19.6 Å². The van der Waals surface area contributed by atoms with E-state index >= 15 is 0 Å². The summed E-state index contributed by atoms with van der Waals surface area (Å²) in [6, 6.07) is 0. The predicted octanol–water partition coefficient (Wildman–Crippen LogP) is 1.27. The van der Waals surface area contributed by atoms with E-state index in [1.807, 2.05) is 0 Å². The molecule has 0 N–H and O–H groups in total. The van der Waals surface area contributed by atoms with Gasteiger partial charge < -0.3 is 0 Å². The number of likely N-dealkylation sites (N-methyl/N-ethyl adjacent to an activating group) is 1. The van der Waals surface area contributed by atoms with Gasteiger partial charge in [-0.1, -0.05) is 0 Å². The van der Waals surface area contributed by atoms with Crippen LogP contribution in [-0.4, -0.2) is 36.5 Å². The van der Waals surface area contributed by atoms with E-state index in [4.69, 9.17) is 0 Å². The number of aliphatic imine (C=N–C) groups is 1. The smallest absolute Gasteiger partial charge is 0.195 e. The average Bonchev–Trinajstić information content (AvgIpc) is 2.32. The molecule has 1 aliphatic heterocycles. The zero-order chi connectivity index (χ0) is 7.61. The summed E-state index contributed by atoms with van der Waals surface area (Å²) in [5, 5.41) is 0. The third kappa shape index (κ3) is 0.966. The zero-order valence-corrected chi connectivity index (χ0v) is 7.22. The quantitative estimate of drug-likeness (QED) is 0.514. The summed E-state index contributed by atoms with van der Waals surface area (Å²) in [5.74, 6) is 1.32. The van der Waals surface area contributed by atoms with Gasteiger partial charge in [0.25, 0.3) is 0 Å². The molecular formula is C8H17N2+. The van der Waals surface area contributed by atoms with Gasteiger partial charge in [-0.05, 0) is 13.8 Å². The molecule has 0 fully saturated rings. The van der Waals surface area contributed by atoms with Crippen molar-refractivity contribution in [1.82, 2.24) is 0 Å². The Labute approximate surface area is 63.2 Å². The fourth-order valence-electron chi connectivity index (χ4n) is 1.71. The highest BCUT2D eigenvalue weighted by Gasteiger charge is 2.30. The topological polar surface area (TPSA) is 12.4 Å². The first-order valence-corrected chi connectivity index (χ1v) is 4.13. The molecule has 1 aliphatic rings. The molecule has 58 valence electrons. The number of nitrogens with zero attached hydrogens (tertiary/aromatic N) is 2. The Balaban J connectivity index is 2.74. The lowest BCUT2D eigenvalue weighted by Gasteiger charge is -2.30. The maximum atomic E-state index is 4.42. The molecule has 1 rings (SSSR count). The Morgan fingerprint density at radius 2 is 2.00 bits per heavy atom. The number of hydrogen-bond donors (Lipinski definition) is 0. The van der Waals surface area contributed by atoms with Crippen LogP contribution in [0.15, 0.2) is 4.99 Å². The van der Waals surface area contributed by atoms with E-state index in [1.165, 1.54) is 25.5 Å². The second kappa shape index (κ2) is 2.70.